The molecule has 1 unspecified atom stereocenters. The van der Waals surface area contributed by atoms with Gasteiger partial charge in [0.15, 0.2) is 11.6 Å². The molecule has 1 N–H and O–H groups in total. The van der Waals surface area contributed by atoms with Crippen LogP contribution in [0.25, 0.3) is 0 Å². The van der Waals surface area contributed by atoms with E-state index in [4.69, 9.17) is 0 Å². The van der Waals surface area contributed by atoms with E-state index in [2.05, 4.69) is 5.32 Å². The standard InChI is InChI=1S/C15H20F2N2O/c1-19(10-12-4-2-3-7-18-12)15(20)9-11-5-6-13(16)14(17)8-11/h5-6,8,12,18H,2-4,7,9-10H2,1H3. The van der Waals surface area contributed by atoms with E-state index in [1.54, 1.807) is 11.9 Å². The summed E-state index contributed by atoms with van der Waals surface area (Å²) in [6.45, 7) is 1.65. The number of carbonyl (C=O) groups is 1. The van der Waals surface area contributed by atoms with Gasteiger partial charge in [-0.15, -0.1) is 0 Å². The fraction of sp³-hybridized carbons (Fsp3) is 0.533. The van der Waals surface area contributed by atoms with Crippen LogP contribution in [0.2, 0.25) is 0 Å². The summed E-state index contributed by atoms with van der Waals surface area (Å²) < 4.78 is 25.9. The summed E-state index contributed by atoms with van der Waals surface area (Å²) in [5.41, 5.74) is 0.498. The molecule has 0 spiro atoms. The molecular weight excluding hydrogens is 262 g/mol. The minimum absolute atomic E-state index is 0.0802. The second kappa shape index (κ2) is 6.79. The number of rotatable bonds is 4. The maximum Gasteiger partial charge on any atom is 0.226 e. The molecular formula is C15H20F2N2O. The van der Waals surface area contributed by atoms with Crippen LogP contribution in [-0.4, -0.2) is 37.0 Å². The van der Waals surface area contributed by atoms with Gasteiger partial charge in [-0.2, -0.15) is 0 Å². The quantitative estimate of drug-likeness (QED) is 0.917. The lowest BCUT2D eigenvalue weighted by molar-refractivity contribution is -0.129. The van der Waals surface area contributed by atoms with Crippen molar-refractivity contribution in [1.82, 2.24) is 10.2 Å². The molecule has 1 amide bonds. The number of benzene rings is 1. The molecule has 1 fully saturated rings. The number of carbonyl (C=O) groups excluding carboxylic acids is 1. The zero-order chi connectivity index (χ0) is 14.5. The van der Waals surface area contributed by atoms with E-state index in [0.29, 0.717) is 18.2 Å². The largest absolute Gasteiger partial charge is 0.344 e. The molecule has 0 bridgehead atoms. The van der Waals surface area contributed by atoms with Crippen LogP contribution in [-0.2, 0) is 11.2 Å². The van der Waals surface area contributed by atoms with Crippen LogP contribution < -0.4 is 5.32 Å². The minimum atomic E-state index is -0.910. The Labute approximate surface area is 118 Å². The number of hydrogen-bond acceptors (Lipinski definition) is 2. The average Bonchev–Trinajstić information content (AvgIpc) is 2.44. The first-order valence-electron chi connectivity index (χ1n) is 6.97. The molecule has 5 heteroatoms. The molecule has 110 valence electrons. The number of amides is 1. The molecule has 1 saturated heterocycles. The van der Waals surface area contributed by atoms with Gasteiger partial charge in [0.25, 0.3) is 0 Å². The van der Waals surface area contributed by atoms with Crippen molar-refractivity contribution in [3.05, 3.63) is 35.4 Å². The Kier molecular flexibility index (Phi) is 5.06. The SMILES string of the molecule is CN(CC1CCCCN1)C(=O)Cc1ccc(F)c(F)c1. The average molecular weight is 282 g/mol. The molecule has 1 aliphatic rings. The third-order valence-electron chi connectivity index (χ3n) is 3.67. The van der Waals surface area contributed by atoms with E-state index < -0.39 is 11.6 Å². The third kappa shape index (κ3) is 4.00. The molecule has 1 aromatic rings. The maximum atomic E-state index is 13.1. The topological polar surface area (TPSA) is 32.3 Å². The molecule has 3 nitrogen and oxygen atoms in total. The van der Waals surface area contributed by atoms with Crippen molar-refractivity contribution in [3.63, 3.8) is 0 Å². The Bertz CT molecular complexity index is 473. The van der Waals surface area contributed by atoms with E-state index in [1.807, 2.05) is 0 Å². The van der Waals surface area contributed by atoms with Crippen molar-refractivity contribution in [3.8, 4) is 0 Å². The zero-order valence-corrected chi connectivity index (χ0v) is 11.7. The summed E-state index contributed by atoms with van der Waals surface area (Å²) in [5.74, 6) is -1.88. The van der Waals surface area contributed by atoms with Gasteiger partial charge < -0.3 is 10.2 Å². The number of likely N-dealkylation sites (N-methyl/N-ethyl adjacent to an activating group) is 1. The van der Waals surface area contributed by atoms with E-state index in [-0.39, 0.29) is 12.3 Å². The highest BCUT2D eigenvalue weighted by molar-refractivity contribution is 5.78. The van der Waals surface area contributed by atoms with Crippen LogP contribution in [0.1, 0.15) is 24.8 Å². The molecule has 0 aromatic heterocycles. The fourth-order valence-corrected chi connectivity index (χ4v) is 2.47. The predicted molar refractivity (Wildman–Crippen MR) is 73.3 cm³/mol. The molecule has 1 atom stereocenters. The van der Waals surface area contributed by atoms with Crippen LogP contribution in [0.15, 0.2) is 18.2 Å². The number of halogens is 2. The zero-order valence-electron chi connectivity index (χ0n) is 11.7. The maximum absolute atomic E-state index is 13.1. The third-order valence-corrected chi connectivity index (χ3v) is 3.67. The summed E-state index contributed by atoms with van der Waals surface area (Å²) in [5, 5.41) is 3.38. The highest BCUT2D eigenvalue weighted by Gasteiger charge is 2.18. The van der Waals surface area contributed by atoms with E-state index in [0.717, 1.165) is 25.1 Å². The predicted octanol–water partition coefficient (Wildman–Crippen LogP) is 2.11. The summed E-state index contributed by atoms with van der Waals surface area (Å²) >= 11 is 0. The lowest BCUT2D eigenvalue weighted by Gasteiger charge is -2.28. The van der Waals surface area contributed by atoms with Gasteiger partial charge in [0.2, 0.25) is 5.91 Å². The van der Waals surface area contributed by atoms with Crippen LogP contribution in [0.4, 0.5) is 8.78 Å². The fourth-order valence-electron chi connectivity index (χ4n) is 2.47. The smallest absolute Gasteiger partial charge is 0.226 e. The minimum Gasteiger partial charge on any atom is -0.344 e. The number of piperidine rings is 1. The summed E-state index contributed by atoms with van der Waals surface area (Å²) in [4.78, 5) is 13.7. The highest BCUT2D eigenvalue weighted by atomic mass is 19.2. The van der Waals surface area contributed by atoms with Crippen molar-refractivity contribution < 1.29 is 13.6 Å². The molecule has 20 heavy (non-hydrogen) atoms. The molecule has 1 aliphatic heterocycles. The lowest BCUT2D eigenvalue weighted by Crippen LogP contribution is -2.44. The summed E-state index contributed by atoms with van der Waals surface area (Å²) in [7, 11) is 1.75. The number of hydrogen-bond donors (Lipinski definition) is 1. The van der Waals surface area contributed by atoms with Gasteiger partial charge in [0.05, 0.1) is 6.42 Å². The van der Waals surface area contributed by atoms with E-state index >= 15 is 0 Å². The lowest BCUT2D eigenvalue weighted by atomic mass is 10.0. The van der Waals surface area contributed by atoms with Gasteiger partial charge in [-0.05, 0) is 37.1 Å². The van der Waals surface area contributed by atoms with Gasteiger partial charge in [-0.3, -0.25) is 4.79 Å². The molecule has 1 heterocycles. The molecule has 1 aromatic carbocycles. The molecule has 0 aliphatic carbocycles. The van der Waals surface area contributed by atoms with Crippen molar-refractivity contribution in [2.45, 2.75) is 31.7 Å². The van der Waals surface area contributed by atoms with Gasteiger partial charge in [-0.1, -0.05) is 12.5 Å². The summed E-state index contributed by atoms with van der Waals surface area (Å²) in [6, 6.07) is 3.92. The first-order valence-corrected chi connectivity index (χ1v) is 6.97. The Morgan fingerprint density at radius 1 is 1.35 bits per heavy atom. The second-order valence-corrected chi connectivity index (χ2v) is 5.35. The molecule has 0 radical (unpaired) electrons. The first kappa shape index (κ1) is 14.9. The van der Waals surface area contributed by atoms with Gasteiger partial charge >= 0.3 is 0 Å². The first-order chi connectivity index (χ1) is 9.56. The highest BCUT2D eigenvalue weighted by Crippen LogP contribution is 2.11. The van der Waals surface area contributed by atoms with E-state index in [1.165, 1.54) is 18.9 Å². The van der Waals surface area contributed by atoms with Gasteiger partial charge in [-0.25, -0.2) is 8.78 Å². The Balaban J connectivity index is 1.88. The molecule has 0 saturated carbocycles. The van der Waals surface area contributed by atoms with Crippen molar-refractivity contribution in [2.24, 2.45) is 0 Å². The Hall–Kier alpha value is -1.49. The van der Waals surface area contributed by atoms with Crippen LogP contribution in [0.3, 0.4) is 0 Å². The molecule has 2 rings (SSSR count). The number of nitrogens with zero attached hydrogens (tertiary/aromatic N) is 1. The van der Waals surface area contributed by atoms with Crippen LogP contribution >= 0.6 is 0 Å². The van der Waals surface area contributed by atoms with Gasteiger partial charge in [0.1, 0.15) is 0 Å². The van der Waals surface area contributed by atoms with E-state index in [9.17, 15) is 13.6 Å². The Morgan fingerprint density at radius 2 is 2.15 bits per heavy atom. The normalized spacial score (nSPS) is 18.9. The summed E-state index contributed by atoms with van der Waals surface area (Å²) in [6.07, 6.45) is 3.54. The van der Waals surface area contributed by atoms with Crippen LogP contribution in [0, 0.1) is 11.6 Å². The van der Waals surface area contributed by atoms with Crippen molar-refractivity contribution in [2.75, 3.05) is 20.1 Å². The van der Waals surface area contributed by atoms with Crippen LogP contribution in [0.5, 0.6) is 0 Å². The Morgan fingerprint density at radius 3 is 2.80 bits per heavy atom. The second-order valence-electron chi connectivity index (χ2n) is 5.35. The van der Waals surface area contributed by atoms with Crippen molar-refractivity contribution in [1.29, 1.82) is 0 Å². The van der Waals surface area contributed by atoms with Crippen molar-refractivity contribution >= 4 is 5.91 Å². The number of nitrogens with one attached hydrogen (secondary N) is 1. The van der Waals surface area contributed by atoms with Gasteiger partial charge in [0, 0.05) is 19.6 Å². The monoisotopic (exact) mass is 282 g/mol.